The lowest BCUT2D eigenvalue weighted by Crippen LogP contribution is -2.50. The third-order valence-electron chi connectivity index (χ3n) is 5.49. The number of amides is 2. The second kappa shape index (κ2) is 7.09. The first-order chi connectivity index (χ1) is 12.6. The second-order valence-electron chi connectivity index (χ2n) is 7.18. The minimum Gasteiger partial charge on any atom is -0.348 e. The molecule has 1 aromatic carbocycles. The van der Waals surface area contributed by atoms with Crippen molar-refractivity contribution in [3.05, 3.63) is 59.4 Å². The molecule has 1 aliphatic heterocycles. The van der Waals surface area contributed by atoms with Crippen LogP contribution in [-0.2, 0) is 6.54 Å². The average molecular weight is 359 g/mol. The van der Waals surface area contributed by atoms with Crippen LogP contribution in [-0.4, -0.2) is 28.1 Å². The Morgan fingerprint density at radius 2 is 1.85 bits per heavy atom. The molecule has 138 valence electrons. The van der Waals surface area contributed by atoms with Crippen molar-refractivity contribution in [1.29, 1.82) is 0 Å². The summed E-state index contributed by atoms with van der Waals surface area (Å²) in [6.45, 7) is 1.23. The number of rotatable bonds is 2. The SMILES string of the molecule is O=C(NC1CCCCC1)N1CCn2cccc2[C@H]1c1ccc(F)c(F)c1. The van der Waals surface area contributed by atoms with Gasteiger partial charge in [-0.25, -0.2) is 13.6 Å². The van der Waals surface area contributed by atoms with Crippen molar-refractivity contribution in [3.63, 3.8) is 0 Å². The van der Waals surface area contributed by atoms with Crippen LogP contribution in [0.3, 0.4) is 0 Å². The number of aromatic nitrogens is 1. The van der Waals surface area contributed by atoms with E-state index in [0.29, 0.717) is 18.7 Å². The van der Waals surface area contributed by atoms with Gasteiger partial charge in [0.25, 0.3) is 0 Å². The fourth-order valence-electron chi connectivity index (χ4n) is 4.14. The van der Waals surface area contributed by atoms with Gasteiger partial charge in [-0.3, -0.25) is 0 Å². The molecule has 0 unspecified atom stereocenters. The van der Waals surface area contributed by atoms with Gasteiger partial charge < -0.3 is 14.8 Å². The van der Waals surface area contributed by atoms with E-state index in [9.17, 15) is 13.6 Å². The molecular weight excluding hydrogens is 336 g/mol. The number of halogens is 2. The molecule has 0 bridgehead atoms. The highest BCUT2D eigenvalue weighted by atomic mass is 19.2. The van der Waals surface area contributed by atoms with Crippen molar-refractivity contribution >= 4 is 6.03 Å². The molecule has 4 rings (SSSR count). The van der Waals surface area contributed by atoms with Gasteiger partial charge in [-0.1, -0.05) is 25.3 Å². The highest BCUT2D eigenvalue weighted by Crippen LogP contribution is 2.33. The van der Waals surface area contributed by atoms with Gasteiger partial charge in [0, 0.05) is 31.0 Å². The lowest BCUT2D eigenvalue weighted by Gasteiger charge is -2.38. The zero-order valence-electron chi connectivity index (χ0n) is 14.6. The number of hydrogen-bond acceptors (Lipinski definition) is 1. The molecule has 0 saturated heterocycles. The summed E-state index contributed by atoms with van der Waals surface area (Å²) >= 11 is 0. The van der Waals surface area contributed by atoms with Crippen LogP contribution in [0.1, 0.15) is 49.4 Å². The third kappa shape index (κ3) is 3.20. The summed E-state index contributed by atoms with van der Waals surface area (Å²) in [6, 6.07) is 7.41. The fourth-order valence-corrected chi connectivity index (χ4v) is 4.14. The number of carbonyl (C=O) groups is 1. The Labute approximate surface area is 151 Å². The maximum absolute atomic E-state index is 13.8. The van der Waals surface area contributed by atoms with Crippen LogP contribution in [0.2, 0.25) is 0 Å². The van der Waals surface area contributed by atoms with Gasteiger partial charge >= 0.3 is 6.03 Å². The topological polar surface area (TPSA) is 37.3 Å². The predicted molar refractivity (Wildman–Crippen MR) is 94.7 cm³/mol. The predicted octanol–water partition coefficient (Wildman–Crippen LogP) is 4.21. The van der Waals surface area contributed by atoms with E-state index in [0.717, 1.165) is 37.4 Å². The number of benzene rings is 1. The summed E-state index contributed by atoms with van der Waals surface area (Å²) in [4.78, 5) is 14.7. The van der Waals surface area contributed by atoms with Crippen molar-refractivity contribution in [3.8, 4) is 0 Å². The molecule has 2 aliphatic rings. The Morgan fingerprint density at radius 1 is 1.04 bits per heavy atom. The van der Waals surface area contributed by atoms with E-state index in [2.05, 4.69) is 9.88 Å². The van der Waals surface area contributed by atoms with Gasteiger partial charge in [0.2, 0.25) is 0 Å². The maximum atomic E-state index is 13.8. The van der Waals surface area contributed by atoms with Crippen molar-refractivity contribution < 1.29 is 13.6 Å². The van der Waals surface area contributed by atoms with Gasteiger partial charge in [0.15, 0.2) is 11.6 Å². The van der Waals surface area contributed by atoms with Gasteiger partial charge in [0.1, 0.15) is 0 Å². The molecular formula is C20H23F2N3O. The van der Waals surface area contributed by atoms with E-state index in [-0.39, 0.29) is 12.1 Å². The van der Waals surface area contributed by atoms with E-state index in [1.807, 2.05) is 18.3 Å². The lowest BCUT2D eigenvalue weighted by molar-refractivity contribution is 0.162. The Morgan fingerprint density at radius 3 is 2.62 bits per heavy atom. The first kappa shape index (κ1) is 17.1. The molecule has 1 fully saturated rings. The van der Waals surface area contributed by atoms with Crippen LogP contribution in [0.25, 0.3) is 0 Å². The molecule has 1 atom stereocenters. The largest absolute Gasteiger partial charge is 0.348 e. The van der Waals surface area contributed by atoms with E-state index in [1.165, 1.54) is 12.5 Å². The first-order valence-corrected chi connectivity index (χ1v) is 9.30. The van der Waals surface area contributed by atoms with Crippen LogP contribution in [0, 0.1) is 11.6 Å². The number of nitrogens with zero attached hydrogens (tertiary/aromatic N) is 2. The summed E-state index contributed by atoms with van der Waals surface area (Å²) in [6.07, 6.45) is 7.47. The van der Waals surface area contributed by atoms with Crippen LogP contribution >= 0.6 is 0 Å². The number of carbonyl (C=O) groups excluding carboxylic acids is 1. The monoisotopic (exact) mass is 359 g/mol. The number of nitrogens with one attached hydrogen (secondary N) is 1. The third-order valence-corrected chi connectivity index (χ3v) is 5.49. The van der Waals surface area contributed by atoms with Crippen LogP contribution in [0.4, 0.5) is 13.6 Å². The molecule has 26 heavy (non-hydrogen) atoms. The zero-order valence-corrected chi connectivity index (χ0v) is 14.6. The molecule has 1 N–H and O–H groups in total. The Hall–Kier alpha value is -2.37. The van der Waals surface area contributed by atoms with Crippen molar-refractivity contribution in [2.75, 3.05) is 6.54 Å². The summed E-state index contributed by atoms with van der Waals surface area (Å²) < 4.78 is 29.3. The quantitative estimate of drug-likeness (QED) is 0.857. The van der Waals surface area contributed by atoms with Gasteiger partial charge in [-0.05, 0) is 42.7 Å². The van der Waals surface area contributed by atoms with Gasteiger partial charge in [-0.15, -0.1) is 0 Å². The molecule has 1 saturated carbocycles. The summed E-state index contributed by atoms with van der Waals surface area (Å²) in [5.74, 6) is -1.77. The van der Waals surface area contributed by atoms with Crippen molar-refractivity contribution in [2.24, 2.45) is 0 Å². The highest BCUT2D eigenvalue weighted by Gasteiger charge is 2.33. The smallest absolute Gasteiger partial charge is 0.318 e. The molecule has 2 aromatic rings. The second-order valence-corrected chi connectivity index (χ2v) is 7.18. The van der Waals surface area contributed by atoms with E-state index < -0.39 is 17.7 Å². The zero-order chi connectivity index (χ0) is 18.1. The molecule has 1 aliphatic carbocycles. The Bertz CT molecular complexity index is 798. The summed E-state index contributed by atoms with van der Waals surface area (Å²) in [7, 11) is 0. The molecule has 0 spiro atoms. The Balaban J connectivity index is 1.64. The Kier molecular flexibility index (Phi) is 4.66. The minimum absolute atomic E-state index is 0.126. The molecule has 1 aromatic heterocycles. The van der Waals surface area contributed by atoms with Crippen molar-refractivity contribution in [2.45, 2.75) is 50.7 Å². The van der Waals surface area contributed by atoms with E-state index in [4.69, 9.17) is 0 Å². The first-order valence-electron chi connectivity index (χ1n) is 9.30. The molecule has 2 amide bonds. The molecule has 0 radical (unpaired) electrons. The van der Waals surface area contributed by atoms with Crippen LogP contribution in [0.5, 0.6) is 0 Å². The fraction of sp³-hybridized carbons (Fsp3) is 0.450. The van der Waals surface area contributed by atoms with E-state index in [1.54, 1.807) is 11.0 Å². The molecule has 6 heteroatoms. The van der Waals surface area contributed by atoms with Gasteiger partial charge in [0.05, 0.1) is 6.04 Å². The van der Waals surface area contributed by atoms with Crippen LogP contribution < -0.4 is 5.32 Å². The highest BCUT2D eigenvalue weighted by molar-refractivity contribution is 5.76. The van der Waals surface area contributed by atoms with E-state index >= 15 is 0 Å². The number of fused-ring (bicyclic) bond motifs is 1. The molecule has 2 heterocycles. The standard InChI is InChI=1S/C20H23F2N3O/c21-16-9-8-14(13-17(16)22)19-18-7-4-10-24(18)11-12-25(19)20(26)23-15-5-2-1-3-6-15/h4,7-10,13,15,19H,1-3,5-6,11-12H2,(H,23,26)/t19-/m1/s1. The number of hydrogen-bond donors (Lipinski definition) is 1. The minimum atomic E-state index is -0.890. The summed E-state index contributed by atoms with van der Waals surface area (Å²) in [5.41, 5.74) is 1.50. The number of urea groups is 1. The summed E-state index contributed by atoms with van der Waals surface area (Å²) in [5, 5.41) is 3.15. The molecule has 4 nitrogen and oxygen atoms in total. The van der Waals surface area contributed by atoms with Crippen molar-refractivity contribution in [1.82, 2.24) is 14.8 Å². The normalized spacial score (nSPS) is 20.7. The average Bonchev–Trinajstić information content (AvgIpc) is 3.13. The van der Waals surface area contributed by atoms with Crippen LogP contribution in [0.15, 0.2) is 36.5 Å². The lowest BCUT2D eigenvalue weighted by atomic mass is 9.95. The van der Waals surface area contributed by atoms with Gasteiger partial charge in [-0.2, -0.15) is 0 Å². The maximum Gasteiger partial charge on any atom is 0.318 e.